The highest BCUT2D eigenvalue weighted by Crippen LogP contribution is 2.22. The number of aryl methyl sites for hydroxylation is 3. The summed E-state index contributed by atoms with van der Waals surface area (Å²) in [6.45, 7) is 5.13. The number of hydrogen-bond acceptors (Lipinski definition) is 6. The molecule has 0 unspecified atom stereocenters. The molecule has 2 aromatic carbocycles. The first-order valence-electron chi connectivity index (χ1n) is 9.64. The molecule has 4 aromatic rings. The molecule has 0 saturated carbocycles. The summed E-state index contributed by atoms with van der Waals surface area (Å²) in [7, 11) is -4.09. The Labute approximate surface area is 180 Å². The minimum Gasteiger partial charge on any atom is -0.292 e. The molecule has 0 atom stereocenters. The van der Waals surface area contributed by atoms with E-state index >= 15 is 0 Å². The van der Waals surface area contributed by atoms with Crippen molar-refractivity contribution in [2.45, 2.75) is 25.7 Å². The van der Waals surface area contributed by atoms with Gasteiger partial charge in [0.2, 0.25) is 0 Å². The smallest absolute Gasteiger partial charge is 0.267 e. The normalized spacial score (nSPS) is 11.6. The summed E-state index contributed by atoms with van der Waals surface area (Å²) in [5, 5.41) is 4.34. The highest BCUT2D eigenvalue weighted by molar-refractivity contribution is 7.92. The predicted molar refractivity (Wildman–Crippen MR) is 117 cm³/mol. The van der Waals surface area contributed by atoms with Crippen molar-refractivity contribution in [2.24, 2.45) is 0 Å². The van der Waals surface area contributed by atoms with E-state index in [4.69, 9.17) is 0 Å². The average Bonchev–Trinajstić information content (AvgIpc) is 3.16. The van der Waals surface area contributed by atoms with E-state index in [2.05, 4.69) is 15.1 Å². The van der Waals surface area contributed by atoms with Gasteiger partial charge in [0.05, 0.1) is 4.90 Å². The molecule has 0 saturated heterocycles. The van der Waals surface area contributed by atoms with Crippen LogP contribution in [0, 0.1) is 20.8 Å². The van der Waals surface area contributed by atoms with Crippen molar-refractivity contribution in [3.05, 3.63) is 83.2 Å². The molecular weight excluding hydrogens is 414 g/mol. The van der Waals surface area contributed by atoms with Crippen LogP contribution in [0.25, 0.3) is 5.78 Å². The Bertz CT molecular complexity index is 1360. The van der Waals surface area contributed by atoms with Crippen molar-refractivity contribution in [2.75, 3.05) is 10.8 Å². The van der Waals surface area contributed by atoms with Crippen LogP contribution in [-0.2, 0) is 10.0 Å². The number of carbonyl (C=O) groups excluding carboxylic acids is 1. The Hall–Kier alpha value is -3.59. The molecular formula is C22H21N5O3S. The fourth-order valence-corrected chi connectivity index (χ4v) is 4.54. The fourth-order valence-electron chi connectivity index (χ4n) is 3.21. The second-order valence-corrected chi connectivity index (χ2v) is 9.14. The molecule has 2 aromatic heterocycles. The zero-order valence-electron chi connectivity index (χ0n) is 17.3. The maximum atomic E-state index is 13.4. The van der Waals surface area contributed by atoms with Gasteiger partial charge < -0.3 is 0 Å². The molecule has 0 aliphatic rings. The summed E-state index contributed by atoms with van der Waals surface area (Å²) < 4.78 is 29.3. The third-order valence-corrected chi connectivity index (χ3v) is 6.56. The quantitative estimate of drug-likeness (QED) is 0.432. The number of fused-ring (bicyclic) bond motifs is 1. The van der Waals surface area contributed by atoms with Crippen LogP contribution >= 0.6 is 0 Å². The van der Waals surface area contributed by atoms with Crippen LogP contribution in [0.1, 0.15) is 27.3 Å². The number of sulfonamides is 1. The standard InChI is InChI=1S/C22H21N5O3S/c1-15-9-11-18(12-10-15)20(28)14-26(31(29,30)19-7-5-4-6-8-19)22-24-21-23-16(2)13-17(3)27(21)25-22/h4-13H,14H2,1-3H3. The van der Waals surface area contributed by atoms with E-state index in [1.165, 1.54) is 16.6 Å². The molecule has 2 heterocycles. The van der Waals surface area contributed by atoms with E-state index < -0.39 is 16.6 Å². The van der Waals surface area contributed by atoms with Gasteiger partial charge in [0.25, 0.3) is 21.7 Å². The molecule has 0 fully saturated rings. The molecule has 31 heavy (non-hydrogen) atoms. The molecule has 0 radical (unpaired) electrons. The van der Waals surface area contributed by atoms with Gasteiger partial charge in [-0.05, 0) is 39.0 Å². The largest absolute Gasteiger partial charge is 0.292 e. The summed E-state index contributed by atoms with van der Waals surface area (Å²) in [6.07, 6.45) is 0. The van der Waals surface area contributed by atoms with Crippen molar-refractivity contribution in [1.82, 2.24) is 19.6 Å². The minimum absolute atomic E-state index is 0.0476. The maximum Gasteiger partial charge on any atom is 0.267 e. The number of hydrogen-bond donors (Lipinski definition) is 0. The summed E-state index contributed by atoms with van der Waals surface area (Å²) in [5.74, 6) is -0.201. The highest BCUT2D eigenvalue weighted by atomic mass is 32.2. The number of Topliss-reactive ketones (excluding diaryl/α,β-unsaturated/α-hetero) is 1. The molecule has 4 rings (SSSR count). The second kappa shape index (κ2) is 7.92. The summed E-state index contributed by atoms with van der Waals surface area (Å²) >= 11 is 0. The Morgan fingerprint density at radius 2 is 1.65 bits per heavy atom. The summed E-state index contributed by atoms with van der Waals surface area (Å²) in [5.41, 5.74) is 2.90. The van der Waals surface area contributed by atoms with Crippen molar-refractivity contribution < 1.29 is 13.2 Å². The molecule has 0 bridgehead atoms. The van der Waals surface area contributed by atoms with Crippen LogP contribution in [0.15, 0.2) is 65.6 Å². The first-order chi connectivity index (χ1) is 14.8. The predicted octanol–water partition coefficient (Wildman–Crippen LogP) is 3.13. The average molecular weight is 436 g/mol. The first-order valence-corrected chi connectivity index (χ1v) is 11.1. The van der Waals surface area contributed by atoms with Crippen molar-refractivity contribution in [3.8, 4) is 0 Å². The number of aromatic nitrogens is 4. The van der Waals surface area contributed by atoms with Gasteiger partial charge in [-0.25, -0.2) is 17.7 Å². The Morgan fingerprint density at radius 1 is 0.968 bits per heavy atom. The Balaban J connectivity index is 1.82. The lowest BCUT2D eigenvalue weighted by Crippen LogP contribution is -2.36. The summed E-state index contributed by atoms with van der Waals surface area (Å²) in [6, 6.07) is 16.7. The molecule has 0 spiro atoms. The van der Waals surface area contributed by atoms with Crippen LogP contribution in [0.3, 0.4) is 0 Å². The zero-order chi connectivity index (χ0) is 22.2. The third-order valence-electron chi connectivity index (χ3n) is 4.82. The Morgan fingerprint density at radius 3 is 2.32 bits per heavy atom. The lowest BCUT2D eigenvalue weighted by Gasteiger charge is -2.20. The van der Waals surface area contributed by atoms with Crippen LogP contribution < -0.4 is 4.31 Å². The lowest BCUT2D eigenvalue weighted by atomic mass is 10.1. The summed E-state index contributed by atoms with van der Waals surface area (Å²) in [4.78, 5) is 21.7. The second-order valence-electron chi connectivity index (χ2n) is 7.28. The zero-order valence-corrected chi connectivity index (χ0v) is 18.2. The van der Waals surface area contributed by atoms with Crippen molar-refractivity contribution in [3.63, 3.8) is 0 Å². The number of anilines is 1. The van der Waals surface area contributed by atoms with Crippen LogP contribution in [0.4, 0.5) is 5.95 Å². The molecule has 158 valence electrons. The molecule has 0 aliphatic carbocycles. The van der Waals surface area contributed by atoms with Gasteiger partial charge in [-0.15, -0.1) is 5.10 Å². The number of carbonyl (C=O) groups is 1. The van der Waals surface area contributed by atoms with E-state index in [-0.39, 0.29) is 22.4 Å². The third kappa shape index (κ3) is 4.04. The van der Waals surface area contributed by atoms with E-state index in [1.807, 2.05) is 39.0 Å². The number of ketones is 1. The van der Waals surface area contributed by atoms with E-state index in [0.29, 0.717) is 5.56 Å². The van der Waals surface area contributed by atoms with Gasteiger partial charge in [-0.3, -0.25) is 4.79 Å². The monoisotopic (exact) mass is 435 g/mol. The van der Waals surface area contributed by atoms with E-state index in [1.54, 1.807) is 30.3 Å². The number of rotatable bonds is 6. The topological polar surface area (TPSA) is 97.5 Å². The molecule has 0 aliphatic heterocycles. The lowest BCUT2D eigenvalue weighted by molar-refractivity contribution is 0.100. The van der Waals surface area contributed by atoms with Gasteiger partial charge in [-0.2, -0.15) is 9.50 Å². The SMILES string of the molecule is Cc1ccc(C(=O)CN(c2nc3nc(C)cc(C)n3n2)S(=O)(=O)c2ccccc2)cc1. The minimum atomic E-state index is -4.09. The van der Waals surface area contributed by atoms with Gasteiger partial charge in [0.1, 0.15) is 6.54 Å². The molecule has 8 nitrogen and oxygen atoms in total. The van der Waals surface area contributed by atoms with Crippen molar-refractivity contribution >= 4 is 27.5 Å². The van der Waals surface area contributed by atoms with Gasteiger partial charge in [0.15, 0.2) is 5.78 Å². The number of nitrogens with zero attached hydrogens (tertiary/aromatic N) is 5. The molecule has 0 amide bonds. The van der Waals surface area contributed by atoms with Crippen LogP contribution in [0.5, 0.6) is 0 Å². The molecule has 9 heteroatoms. The van der Waals surface area contributed by atoms with Gasteiger partial charge in [0, 0.05) is 17.0 Å². The molecule has 0 N–H and O–H groups in total. The van der Waals surface area contributed by atoms with E-state index in [9.17, 15) is 13.2 Å². The highest BCUT2D eigenvalue weighted by Gasteiger charge is 2.31. The van der Waals surface area contributed by atoms with Gasteiger partial charge >= 0.3 is 0 Å². The number of benzene rings is 2. The van der Waals surface area contributed by atoms with Crippen LogP contribution in [-0.4, -0.2) is 40.3 Å². The Kier molecular flexibility index (Phi) is 5.28. The van der Waals surface area contributed by atoms with Crippen molar-refractivity contribution in [1.29, 1.82) is 0 Å². The van der Waals surface area contributed by atoms with Crippen LogP contribution in [0.2, 0.25) is 0 Å². The van der Waals surface area contributed by atoms with Gasteiger partial charge in [-0.1, -0.05) is 48.0 Å². The maximum absolute atomic E-state index is 13.4. The fraction of sp³-hybridized carbons (Fsp3) is 0.182. The first kappa shape index (κ1) is 20.7. The van der Waals surface area contributed by atoms with E-state index in [0.717, 1.165) is 21.3 Å².